The zero-order valence-corrected chi connectivity index (χ0v) is 28.4. The summed E-state index contributed by atoms with van der Waals surface area (Å²) in [5.41, 5.74) is 0.966. The molecule has 0 aromatic carbocycles. The third-order valence-electron chi connectivity index (χ3n) is 10.6. The molecule has 2 saturated heterocycles. The van der Waals surface area contributed by atoms with Crippen LogP contribution in [0.15, 0.2) is 59.3 Å². The highest BCUT2D eigenvalue weighted by molar-refractivity contribution is 5.78. The molecule has 0 radical (unpaired) electrons. The zero-order valence-electron chi connectivity index (χ0n) is 28.4. The number of carbonyl (C=O) groups is 1. The number of aliphatic hydroxyl groups is 1. The quantitative estimate of drug-likeness (QED) is 0.293. The summed E-state index contributed by atoms with van der Waals surface area (Å²) in [5, 5.41) is 12.4. The van der Waals surface area contributed by atoms with E-state index in [4.69, 9.17) is 28.4 Å². The summed E-state index contributed by atoms with van der Waals surface area (Å²) in [5.74, 6) is -1.79. The van der Waals surface area contributed by atoms with Crippen molar-refractivity contribution in [3.05, 3.63) is 59.3 Å². The molecule has 45 heavy (non-hydrogen) atoms. The van der Waals surface area contributed by atoms with Gasteiger partial charge < -0.3 is 33.5 Å². The summed E-state index contributed by atoms with van der Waals surface area (Å²) >= 11 is 0. The Morgan fingerprint density at radius 2 is 1.84 bits per heavy atom. The monoisotopic (exact) mass is 626 g/mol. The minimum absolute atomic E-state index is 0.0140. The lowest BCUT2D eigenvalue weighted by Gasteiger charge is -2.48. The number of allylic oxidation sites excluding steroid dienone is 2. The van der Waals surface area contributed by atoms with E-state index in [0.29, 0.717) is 37.4 Å². The van der Waals surface area contributed by atoms with Gasteiger partial charge in [-0.3, -0.25) is 4.79 Å². The third-order valence-corrected chi connectivity index (χ3v) is 10.6. The van der Waals surface area contributed by atoms with Crippen LogP contribution in [-0.4, -0.2) is 79.4 Å². The van der Waals surface area contributed by atoms with E-state index in [1.54, 1.807) is 13.2 Å². The van der Waals surface area contributed by atoms with Gasteiger partial charge in [0.05, 0.1) is 24.9 Å². The van der Waals surface area contributed by atoms with Gasteiger partial charge >= 0.3 is 5.97 Å². The summed E-state index contributed by atoms with van der Waals surface area (Å²) in [6, 6.07) is 0. The smallest absolute Gasteiger partial charge is 0.316 e. The Labute approximate surface area is 269 Å². The molecule has 5 rings (SSSR count). The van der Waals surface area contributed by atoms with Crippen LogP contribution in [-0.2, 0) is 33.2 Å². The van der Waals surface area contributed by atoms with E-state index in [1.165, 1.54) is 0 Å². The first-order chi connectivity index (χ1) is 21.5. The van der Waals surface area contributed by atoms with Crippen molar-refractivity contribution >= 4 is 5.97 Å². The minimum Gasteiger partial charge on any atom is -0.462 e. The number of carbonyl (C=O) groups excluding carboxylic acids is 1. The van der Waals surface area contributed by atoms with Crippen molar-refractivity contribution in [3.8, 4) is 0 Å². The van der Waals surface area contributed by atoms with Gasteiger partial charge in [0.25, 0.3) is 0 Å². The SMILES string of the molecule is CCO[C@@H]1/C(C)=C/C[C@@H]2C[C@@H](C[C@]3(C=C[C@H](C)[C@@H](C(C)CC)O3)O2)OC(=O)[C@@H]2C=C(C)C(OC)[C@H]3OC/C(=C\C=C\[C@@H]1C)[C@]32O. The fourth-order valence-electron chi connectivity index (χ4n) is 7.90. The van der Waals surface area contributed by atoms with Gasteiger partial charge in [0.15, 0.2) is 5.79 Å². The molecule has 1 N–H and O–H groups in total. The van der Waals surface area contributed by atoms with Gasteiger partial charge in [-0.05, 0) is 55.9 Å². The second-order valence-corrected chi connectivity index (χ2v) is 13.8. The normalized spacial score (nSPS) is 45.8. The second-order valence-electron chi connectivity index (χ2n) is 13.8. The van der Waals surface area contributed by atoms with Crippen LogP contribution in [0.1, 0.15) is 74.1 Å². The van der Waals surface area contributed by atoms with Gasteiger partial charge in [0.1, 0.15) is 29.8 Å². The molecular weight excluding hydrogens is 572 g/mol. The lowest BCUT2D eigenvalue weighted by atomic mass is 9.70. The van der Waals surface area contributed by atoms with E-state index in [2.05, 4.69) is 52.8 Å². The Balaban J connectivity index is 1.57. The van der Waals surface area contributed by atoms with E-state index < -0.39 is 41.6 Å². The highest BCUT2D eigenvalue weighted by Crippen LogP contribution is 2.47. The largest absolute Gasteiger partial charge is 0.462 e. The molecule has 8 heteroatoms. The molecule has 4 aliphatic heterocycles. The minimum atomic E-state index is -1.61. The predicted octanol–water partition coefficient (Wildman–Crippen LogP) is 6.01. The van der Waals surface area contributed by atoms with Crippen molar-refractivity contribution in [2.75, 3.05) is 20.3 Å². The van der Waals surface area contributed by atoms with Crippen LogP contribution < -0.4 is 0 Å². The molecule has 250 valence electrons. The Hall–Kier alpha value is -2.07. The Bertz CT molecular complexity index is 1230. The average Bonchev–Trinajstić information content (AvgIpc) is 3.34. The number of ether oxygens (including phenoxy) is 6. The first kappa shape index (κ1) is 34.3. The van der Waals surface area contributed by atoms with Crippen LogP contribution >= 0.6 is 0 Å². The number of esters is 1. The Morgan fingerprint density at radius 1 is 1.07 bits per heavy atom. The molecule has 12 atom stereocenters. The molecule has 2 bridgehead atoms. The maximum atomic E-state index is 14.2. The third kappa shape index (κ3) is 6.69. The van der Waals surface area contributed by atoms with Crippen molar-refractivity contribution in [3.63, 3.8) is 0 Å². The van der Waals surface area contributed by atoms with Crippen LogP contribution in [0.25, 0.3) is 0 Å². The molecule has 0 saturated carbocycles. The summed E-state index contributed by atoms with van der Waals surface area (Å²) in [6.45, 7) is 15.5. The lowest BCUT2D eigenvalue weighted by Crippen LogP contribution is -2.58. The van der Waals surface area contributed by atoms with Crippen molar-refractivity contribution in [1.82, 2.24) is 0 Å². The molecule has 0 aromatic rings. The molecule has 0 amide bonds. The van der Waals surface area contributed by atoms with Crippen LogP contribution in [0.4, 0.5) is 0 Å². The fraction of sp³-hybridized carbons (Fsp3) is 0.703. The van der Waals surface area contributed by atoms with E-state index in [-0.39, 0.29) is 36.8 Å². The summed E-state index contributed by atoms with van der Waals surface area (Å²) in [7, 11) is 1.60. The number of methoxy groups -OCH3 is 1. The van der Waals surface area contributed by atoms with Crippen molar-refractivity contribution in [2.24, 2.45) is 23.7 Å². The van der Waals surface area contributed by atoms with Crippen molar-refractivity contribution in [1.29, 1.82) is 0 Å². The summed E-state index contributed by atoms with van der Waals surface area (Å²) in [6.07, 6.45) is 14.6. The van der Waals surface area contributed by atoms with Gasteiger partial charge in [-0.2, -0.15) is 0 Å². The van der Waals surface area contributed by atoms with Gasteiger partial charge in [-0.15, -0.1) is 0 Å². The van der Waals surface area contributed by atoms with E-state index in [9.17, 15) is 9.90 Å². The van der Waals surface area contributed by atoms with Crippen LogP contribution in [0, 0.1) is 23.7 Å². The molecular formula is C37H54O8. The first-order valence-electron chi connectivity index (χ1n) is 16.9. The Morgan fingerprint density at radius 3 is 2.56 bits per heavy atom. The molecule has 2 fully saturated rings. The number of hydrogen-bond acceptors (Lipinski definition) is 8. The molecule has 0 aromatic heterocycles. The molecule has 4 heterocycles. The highest BCUT2D eigenvalue weighted by Gasteiger charge is 2.60. The van der Waals surface area contributed by atoms with Gasteiger partial charge in [-0.1, -0.05) is 70.6 Å². The second kappa shape index (κ2) is 14.0. The van der Waals surface area contributed by atoms with Gasteiger partial charge in [0.2, 0.25) is 0 Å². The fourth-order valence-corrected chi connectivity index (χ4v) is 7.90. The van der Waals surface area contributed by atoms with E-state index >= 15 is 0 Å². The van der Waals surface area contributed by atoms with E-state index in [0.717, 1.165) is 17.6 Å². The van der Waals surface area contributed by atoms with Crippen LogP contribution in [0.5, 0.6) is 0 Å². The molecule has 5 aliphatic rings. The number of rotatable bonds is 5. The zero-order chi connectivity index (χ0) is 32.5. The topological polar surface area (TPSA) is 92.7 Å². The first-order valence-corrected chi connectivity index (χ1v) is 16.9. The average molecular weight is 627 g/mol. The van der Waals surface area contributed by atoms with E-state index in [1.807, 2.05) is 32.1 Å². The highest BCUT2D eigenvalue weighted by atomic mass is 16.7. The van der Waals surface area contributed by atoms with Crippen LogP contribution in [0.2, 0.25) is 0 Å². The van der Waals surface area contributed by atoms with Crippen molar-refractivity contribution < 1.29 is 38.3 Å². The molecule has 1 spiro atoms. The summed E-state index contributed by atoms with van der Waals surface area (Å²) in [4.78, 5) is 14.2. The van der Waals surface area contributed by atoms with Gasteiger partial charge in [0, 0.05) is 38.4 Å². The maximum Gasteiger partial charge on any atom is 0.316 e. The van der Waals surface area contributed by atoms with Crippen molar-refractivity contribution in [2.45, 2.75) is 122 Å². The molecule has 8 nitrogen and oxygen atoms in total. The predicted molar refractivity (Wildman–Crippen MR) is 172 cm³/mol. The van der Waals surface area contributed by atoms with Gasteiger partial charge in [-0.25, -0.2) is 0 Å². The molecule has 1 aliphatic carbocycles. The number of fused-ring (bicyclic) bond motifs is 2. The Kier molecular flexibility index (Phi) is 10.6. The molecule has 2 unspecified atom stereocenters. The lowest BCUT2D eigenvalue weighted by molar-refractivity contribution is -0.300. The standard InChI is InChI=1S/C37H54O8/c1-9-22(3)32-25(6)16-17-36(45-32)20-29-19-28(44-36)15-14-24(5)31(41-10-2)23(4)12-11-13-27-21-42-34-33(40-8)26(7)18-30(35(38)43-29)37(27,34)39/h11-14,16-18,22-23,25,28-34,39H,9-10,15,19-21H2,1-8H3/b12-11+,24-14+,27-13+/t22?,23-,25-,28+,29-,30-,31-,32+,33?,34+,36+,37+/m0/s1. The van der Waals surface area contributed by atoms with Crippen LogP contribution in [0.3, 0.4) is 0 Å². The summed E-state index contributed by atoms with van der Waals surface area (Å²) < 4.78 is 38.1. The number of hydrogen-bond donors (Lipinski definition) is 1. The maximum absolute atomic E-state index is 14.2.